The molecule has 1 N–H and O–H groups in total. The number of nitrogens with zero attached hydrogens (tertiary/aromatic N) is 2. The first-order valence-corrected chi connectivity index (χ1v) is 9.46. The van der Waals surface area contributed by atoms with E-state index < -0.39 is 0 Å². The van der Waals surface area contributed by atoms with Gasteiger partial charge in [0.2, 0.25) is 5.91 Å². The van der Waals surface area contributed by atoms with E-state index in [9.17, 15) is 4.79 Å². The van der Waals surface area contributed by atoms with Gasteiger partial charge < -0.3 is 10.1 Å². The van der Waals surface area contributed by atoms with Gasteiger partial charge in [0.15, 0.2) is 5.16 Å². The second-order valence-corrected chi connectivity index (χ2v) is 7.30. The first kappa shape index (κ1) is 18.9. The fourth-order valence-corrected chi connectivity index (χ4v) is 3.37. The third kappa shape index (κ3) is 4.86. The molecule has 1 aromatic heterocycles. The summed E-state index contributed by atoms with van der Waals surface area (Å²) in [6.07, 6.45) is 0. The standard InChI is InChI=1S/C21H21N3O2S/c1-14-13-18(16-9-5-4-6-10-16)24-21(22-14)27-15(2)20(25)23-17-11-7-8-12-19(17)26-3/h4-13,15H,1-3H3,(H,23,25). The van der Waals surface area contributed by atoms with Crippen molar-refractivity contribution < 1.29 is 9.53 Å². The van der Waals surface area contributed by atoms with Crippen LogP contribution in [0.5, 0.6) is 5.75 Å². The number of hydrogen-bond acceptors (Lipinski definition) is 5. The molecule has 138 valence electrons. The Hall–Kier alpha value is -2.86. The number of carbonyl (C=O) groups excluding carboxylic acids is 1. The molecule has 3 rings (SSSR count). The van der Waals surface area contributed by atoms with Crippen molar-refractivity contribution in [3.8, 4) is 17.0 Å². The lowest BCUT2D eigenvalue weighted by Gasteiger charge is -2.14. The molecule has 27 heavy (non-hydrogen) atoms. The molecule has 0 fully saturated rings. The zero-order valence-electron chi connectivity index (χ0n) is 15.5. The Bertz CT molecular complexity index is 932. The monoisotopic (exact) mass is 379 g/mol. The minimum absolute atomic E-state index is 0.129. The van der Waals surface area contributed by atoms with E-state index in [2.05, 4.69) is 15.3 Å². The smallest absolute Gasteiger partial charge is 0.237 e. The largest absolute Gasteiger partial charge is 0.495 e. The van der Waals surface area contributed by atoms with Crippen molar-refractivity contribution in [2.24, 2.45) is 0 Å². The molecule has 3 aromatic rings. The van der Waals surface area contributed by atoms with Gasteiger partial charge in [-0.2, -0.15) is 0 Å². The quantitative estimate of drug-likeness (QED) is 0.502. The molecule has 1 amide bonds. The van der Waals surface area contributed by atoms with Crippen LogP contribution in [-0.4, -0.2) is 28.2 Å². The van der Waals surface area contributed by atoms with Gasteiger partial charge in [-0.15, -0.1) is 0 Å². The lowest BCUT2D eigenvalue weighted by molar-refractivity contribution is -0.115. The van der Waals surface area contributed by atoms with Crippen molar-refractivity contribution in [1.29, 1.82) is 0 Å². The number of hydrogen-bond donors (Lipinski definition) is 1. The van der Waals surface area contributed by atoms with E-state index in [1.54, 1.807) is 7.11 Å². The van der Waals surface area contributed by atoms with Gasteiger partial charge in [-0.05, 0) is 32.0 Å². The number of methoxy groups -OCH3 is 1. The molecule has 1 unspecified atom stereocenters. The average molecular weight is 379 g/mol. The highest BCUT2D eigenvalue weighted by Crippen LogP contribution is 2.27. The number of aromatic nitrogens is 2. The molecule has 2 aromatic carbocycles. The number of nitrogens with one attached hydrogen (secondary N) is 1. The third-order valence-corrected chi connectivity index (χ3v) is 4.88. The van der Waals surface area contributed by atoms with Crippen LogP contribution in [0, 0.1) is 6.92 Å². The van der Waals surface area contributed by atoms with Gasteiger partial charge in [0.1, 0.15) is 5.75 Å². The summed E-state index contributed by atoms with van der Waals surface area (Å²) in [5.41, 5.74) is 3.38. The van der Waals surface area contributed by atoms with Gasteiger partial charge in [-0.1, -0.05) is 54.2 Å². The van der Waals surface area contributed by atoms with E-state index in [0.29, 0.717) is 16.6 Å². The maximum atomic E-state index is 12.6. The predicted octanol–water partition coefficient (Wildman–Crippen LogP) is 4.58. The summed E-state index contributed by atoms with van der Waals surface area (Å²) in [6, 6.07) is 19.2. The zero-order valence-corrected chi connectivity index (χ0v) is 16.3. The first-order valence-electron chi connectivity index (χ1n) is 8.58. The Morgan fingerprint density at radius 3 is 2.52 bits per heavy atom. The van der Waals surface area contributed by atoms with Gasteiger partial charge in [0.05, 0.1) is 23.7 Å². The Kier molecular flexibility index (Phi) is 6.08. The van der Waals surface area contributed by atoms with Crippen LogP contribution in [0.3, 0.4) is 0 Å². The number of anilines is 1. The van der Waals surface area contributed by atoms with E-state index in [1.165, 1.54) is 11.8 Å². The molecular formula is C21H21N3O2S. The summed E-state index contributed by atoms with van der Waals surface area (Å²) in [5, 5.41) is 3.12. The highest BCUT2D eigenvalue weighted by atomic mass is 32.2. The summed E-state index contributed by atoms with van der Waals surface area (Å²) in [4.78, 5) is 21.7. The van der Waals surface area contributed by atoms with Crippen LogP contribution >= 0.6 is 11.8 Å². The molecule has 0 aliphatic heterocycles. The van der Waals surface area contributed by atoms with Crippen LogP contribution in [0.15, 0.2) is 65.8 Å². The van der Waals surface area contributed by atoms with Crippen LogP contribution in [0.4, 0.5) is 5.69 Å². The molecule has 0 aliphatic rings. The molecule has 0 aliphatic carbocycles. The van der Waals surface area contributed by atoms with Crippen molar-refractivity contribution in [2.75, 3.05) is 12.4 Å². The summed E-state index contributed by atoms with van der Waals surface area (Å²) >= 11 is 1.33. The SMILES string of the molecule is COc1ccccc1NC(=O)C(C)Sc1nc(C)cc(-c2ccccc2)n1. The molecule has 0 spiro atoms. The summed E-state index contributed by atoms with van der Waals surface area (Å²) < 4.78 is 5.28. The Morgan fingerprint density at radius 1 is 1.07 bits per heavy atom. The van der Waals surface area contributed by atoms with Gasteiger partial charge in [0, 0.05) is 11.3 Å². The molecule has 5 nitrogen and oxygen atoms in total. The number of thioether (sulfide) groups is 1. The Morgan fingerprint density at radius 2 is 1.78 bits per heavy atom. The normalized spacial score (nSPS) is 11.7. The number of amides is 1. The van der Waals surface area contributed by atoms with Crippen LogP contribution in [-0.2, 0) is 4.79 Å². The number of para-hydroxylation sites is 2. The van der Waals surface area contributed by atoms with Gasteiger partial charge in [0.25, 0.3) is 0 Å². The molecule has 0 saturated carbocycles. The van der Waals surface area contributed by atoms with E-state index in [-0.39, 0.29) is 11.2 Å². The molecule has 0 saturated heterocycles. The fourth-order valence-electron chi connectivity index (χ4n) is 2.54. The lowest BCUT2D eigenvalue weighted by Crippen LogP contribution is -2.23. The van der Waals surface area contributed by atoms with E-state index in [1.807, 2.05) is 74.5 Å². The minimum Gasteiger partial charge on any atom is -0.495 e. The van der Waals surface area contributed by atoms with Crippen molar-refractivity contribution in [3.63, 3.8) is 0 Å². The molecular weight excluding hydrogens is 358 g/mol. The van der Waals surface area contributed by atoms with E-state index >= 15 is 0 Å². The molecule has 1 heterocycles. The summed E-state index contributed by atoms with van der Waals surface area (Å²) in [7, 11) is 1.58. The van der Waals surface area contributed by atoms with E-state index in [0.717, 1.165) is 17.0 Å². The van der Waals surface area contributed by atoms with Crippen LogP contribution in [0.25, 0.3) is 11.3 Å². The number of benzene rings is 2. The second-order valence-electron chi connectivity index (χ2n) is 5.99. The molecule has 0 bridgehead atoms. The Labute approximate surface area is 163 Å². The molecule has 1 atom stereocenters. The van der Waals surface area contributed by atoms with Gasteiger partial charge in [-0.25, -0.2) is 9.97 Å². The summed E-state index contributed by atoms with van der Waals surface area (Å²) in [5.74, 6) is 0.497. The highest BCUT2D eigenvalue weighted by molar-refractivity contribution is 8.00. The minimum atomic E-state index is -0.361. The van der Waals surface area contributed by atoms with Gasteiger partial charge in [-0.3, -0.25) is 4.79 Å². The predicted molar refractivity (Wildman–Crippen MR) is 109 cm³/mol. The number of rotatable bonds is 6. The van der Waals surface area contributed by atoms with Gasteiger partial charge >= 0.3 is 0 Å². The maximum absolute atomic E-state index is 12.6. The van der Waals surface area contributed by atoms with Crippen molar-refractivity contribution >= 4 is 23.4 Å². The van der Waals surface area contributed by atoms with Crippen LogP contribution in [0.2, 0.25) is 0 Å². The maximum Gasteiger partial charge on any atom is 0.237 e. The van der Waals surface area contributed by atoms with Crippen LogP contribution in [0.1, 0.15) is 12.6 Å². The summed E-state index contributed by atoms with van der Waals surface area (Å²) in [6.45, 7) is 3.76. The second kappa shape index (κ2) is 8.68. The number of ether oxygens (including phenoxy) is 1. The van der Waals surface area contributed by atoms with Crippen molar-refractivity contribution in [3.05, 3.63) is 66.4 Å². The number of aryl methyl sites for hydroxylation is 1. The highest BCUT2D eigenvalue weighted by Gasteiger charge is 2.18. The Balaban J connectivity index is 1.74. The van der Waals surface area contributed by atoms with Crippen LogP contribution < -0.4 is 10.1 Å². The lowest BCUT2D eigenvalue weighted by atomic mass is 10.1. The first-order chi connectivity index (χ1) is 13.1. The van der Waals surface area contributed by atoms with E-state index in [4.69, 9.17) is 4.74 Å². The van der Waals surface area contributed by atoms with Crippen molar-refractivity contribution in [2.45, 2.75) is 24.3 Å². The average Bonchev–Trinajstić information content (AvgIpc) is 2.68. The van der Waals surface area contributed by atoms with Crippen molar-refractivity contribution in [1.82, 2.24) is 9.97 Å². The molecule has 0 radical (unpaired) electrons. The number of carbonyl (C=O) groups is 1. The topological polar surface area (TPSA) is 64.1 Å². The third-order valence-electron chi connectivity index (χ3n) is 3.92. The molecule has 6 heteroatoms. The fraction of sp³-hybridized carbons (Fsp3) is 0.190. The zero-order chi connectivity index (χ0) is 19.2.